The highest BCUT2D eigenvalue weighted by Gasteiger charge is 2.21. The summed E-state index contributed by atoms with van der Waals surface area (Å²) in [5, 5.41) is 9.63. The highest BCUT2D eigenvalue weighted by Crippen LogP contribution is 2.29. The van der Waals surface area contributed by atoms with Crippen molar-refractivity contribution in [3.63, 3.8) is 0 Å². The maximum atomic E-state index is 12.5. The van der Waals surface area contributed by atoms with E-state index in [2.05, 4.69) is 20.9 Å². The second-order valence-corrected chi connectivity index (χ2v) is 7.65. The molecule has 32 heavy (non-hydrogen) atoms. The lowest BCUT2D eigenvalue weighted by molar-refractivity contribution is -0.120. The number of anilines is 2. The molecule has 0 spiro atoms. The van der Waals surface area contributed by atoms with Crippen LogP contribution in [0.2, 0.25) is 0 Å². The first-order valence-corrected chi connectivity index (χ1v) is 10.7. The van der Waals surface area contributed by atoms with E-state index in [0.717, 1.165) is 42.6 Å². The van der Waals surface area contributed by atoms with E-state index >= 15 is 0 Å². The molecule has 0 radical (unpaired) electrons. The van der Waals surface area contributed by atoms with Crippen molar-refractivity contribution < 1.29 is 14.3 Å². The van der Waals surface area contributed by atoms with Crippen molar-refractivity contribution in [1.82, 2.24) is 5.32 Å². The predicted octanol–water partition coefficient (Wildman–Crippen LogP) is 5.03. The number of nitrogens with zero attached hydrogens (tertiary/aromatic N) is 1. The SMILES string of the molecule is CN=C(NCc1cccc(NC(=O)C2CCCCC2)c1)Nc1ccc(OC)c(OC)c1.I. The molecule has 174 valence electrons. The van der Waals surface area contributed by atoms with Crippen LogP contribution >= 0.6 is 24.0 Å². The fourth-order valence-electron chi connectivity index (χ4n) is 3.78. The molecule has 0 bridgehead atoms. The molecule has 1 aliphatic rings. The molecule has 2 aromatic carbocycles. The molecule has 0 aliphatic heterocycles. The van der Waals surface area contributed by atoms with E-state index in [-0.39, 0.29) is 35.8 Å². The van der Waals surface area contributed by atoms with E-state index in [4.69, 9.17) is 9.47 Å². The largest absolute Gasteiger partial charge is 0.493 e. The third kappa shape index (κ3) is 7.29. The summed E-state index contributed by atoms with van der Waals surface area (Å²) in [5.41, 5.74) is 2.72. The topological polar surface area (TPSA) is 84.0 Å². The van der Waals surface area contributed by atoms with Crippen molar-refractivity contribution in [2.24, 2.45) is 10.9 Å². The van der Waals surface area contributed by atoms with Crippen LogP contribution in [-0.4, -0.2) is 33.1 Å². The van der Waals surface area contributed by atoms with Crippen molar-refractivity contribution in [3.8, 4) is 11.5 Å². The maximum absolute atomic E-state index is 12.5. The zero-order valence-corrected chi connectivity index (χ0v) is 21.3. The van der Waals surface area contributed by atoms with E-state index < -0.39 is 0 Å². The molecular weight excluding hydrogens is 519 g/mol. The van der Waals surface area contributed by atoms with E-state index in [1.165, 1.54) is 6.42 Å². The van der Waals surface area contributed by atoms with Gasteiger partial charge in [0.1, 0.15) is 0 Å². The van der Waals surface area contributed by atoms with E-state index in [1.54, 1.807) is 21.3 Å². The summed E-state index contributed by atoms with van der Waals surface area (Å²) in [7, 11) is 4.93. The highest BCUT2D eigenvalue weighted by molar-refractivity contribution is 14.0. The predicted molar refractivity (Wildman–Crippen MR) is 140 cm³/mol. The average molecular weight is 552 g/mol. The fraction of sp³-hybridized carbons (Fsp3) is 0.417. The van der Waals surface area contributed by atoms with Gasteiger partial charge in [-0.2, -0.15) is 0 Å². The Balaban J connectivity index is 0.00000363. The molecule has 1 fully saturated rings. The van der Waals surface area contributed by atoms with E-state index in [1.807, 2.05) is 42.5 Å². The Morgan fingerprint density at radius 3 is 2.38 bits per heavy atom. The summed E-state index contributed by atoms with van der Waals surface area (Å²) in [6.07, 6.45) is 5.52. The van der Waals surface area contributed by atoms with Crippen LogP contribution in [0.3, 0.4) is 0 Å². The minimum Gasteiger partial charge on any atom is -0.493 e. The number of methoxy groups -OCH3 is 2. The first-order valence-electron chi connectivity index (χ1n) is 10.7. The number of amides is 1. The number of ether oxygens (including phenoxy) is 2. The molecule has 0 saturated heterocycles. The van der Waals surface area contributed by atoms with Gasteiger partial charge in [0.15, 0.2) is 17.5 Å². The zero-order valence-electron chi connectivity index (χ0n) is 18.9. The third-order valence-electron chi connectivity index (χ3n) is 5.50. The van der Waals surface area contributed by atoms with Gasteiger partial charge < -0.3 is 25.4 Å². The number of hydrogen-bond acceptors (Lipinski definition) is 4. The Labute approximate surface area is 207 Å². The molecule has 1 aliphatic carbocycles. The lowest BCUT2D eigenvalue weighted by Gasteiger charge is -2.21. The standard InChI is InChI=1S/C24H32N4O3.HI/c1-25-24(28-20-12-13-21(30-2)22(15-20)31-3)26-16-17-8-7-11-19(14-17)27-23(29)18-9-5-4-6-10-18;/h7-8,11-15,18H,4-6,9-10,16H2,1-3H3,(H,27,29)(H2,25,26,28);1H. The van der Waals surface area contributed by atoms with Crippen molar-refractivity contribution in [2.45, 2.75) is 38.6 Å². The number of halogens is 1. The first kappa shape index (κ1) is 25.8. The zero-order chi connectivity index (χ0) is 22.1. The minimum atomic E-state index is 0. The van der Waals surface area contributed by atoms with Gasteiger partial charge in [-0.1, -0.05) is 31.4 Å². The molecule has 3 rings (SSSR count). The number of rotatable bonds is 7. The molecule has 1 amide bonds. The molecule has 1 saturated carbocycles. The second-order valence-electron chi connectivity index (χ2n) is 7.65. The van der Waals surface area contributed by atoms with Crippen LogP contribution in [0.5, 0.6) is 11.5 Å². The smallest absolute Gasteiger partial charge is 0.227 e. The average Bonchev–Trinajstić information content (AvgIpc) is 2.82. The van der Waals surface area contributed by atoms with Crippen LogP contribution in [0.15, 0.2) is 47.5 Å². The van der Waals surface area contributed by atoms with Crippen molar-refractivity contribution in [1.29, 1.82) is 0 Å². The summed E-state index contributed by atoms with van der Waals surface area (Å²) < 4.78 is 10.6. The van der Waals surface area contributed by atoms with Crippen LogP contribution in [0.1, 0.15) is 37.7 Å². The molecule has 3 N–H and O–H groups in total. The molecular formula is C24H33IN4O3. The first-order chi connectivity index (χ1) is 15.1. The maximum Gasteiger partial charge on any atom is 0.227 e. The van der Waals surface area contributed by atoms with Gasteiger partial charge in [0, 0.05) is 37.0 Å². The fourth-order valence-corrected chi connectivity index (χ4v) is 3.78. The molecule has 0 aromatic heterocycles. The van der Waals surface area contributed by atoms with Crippen LogP contribution < -0.4 is 25.4 Å². The number of benzene rings is 2. The summed E-state index contributed by atoms with van der Waals surface area (Å²) in [4.78, 5) is 16.8. The molecule has 8 heteroatoms. The van der Waals surface area contributed by atoms with Crippen LogP contribution in [0.4, 0.5) is 11.4 Å². The number of carbonyl (C=O) groups excluding carboxylic acids is 1. The number of nitrogens with one attached hydrogen (secondary N) is 3. The number of guanidine groups is 1. The summed E-state index contributed by atoms with van der Waals surface area (Å²) >= 11 is 0. The third-order valence-corrected chi connectivity index (χ3v) is 5.50. The normalized spacial score (nSPS) is 14.2. The Bertz CT molecular complexity index is 914. The Morgan fingerprint density at radius 2 is 1.69 bits per heavy atom. The van der Waals surface area contributed by atoms with Crippen LogP contribution in [-0.2, 0) is 11.3 Å². The monoisotopic (exact) mass is 552 g/mol. The van der Waals surface area contributed by atoms with Gasteiger partial charge in [-0.15, -0.1) is 24.0 Å². The second kappa shape index (κ2) is 13.1. The highest BCUT2D eigenvalue weighted by atomic mass is 127. The lowest BCUT2D eigenvalue weighted by atomic mass is 9.88. The van der Waals surface area contributed by atoms with Gasteiger partial charge in [0.2, 0.25) is 5.91 Å². The van der Waals surface area contributed by atoms with E-state index in [0.29, 0.717) is 24.0 Å². The van der Waals surface area contributed by atoms with Gasteiger partial charge >= 0.3 is 0 Å². The number of hydrogen-bond donors (Lipinski definition) is 3. The van der Waals surface area contributed by atoms with E-state index in [9.17, 15) is 4.79 Å². The van der Waals surface area contributed by atoms with Crippen molar-refractivity contribution in [3.05, 3.63) is 48.0 Å². The van der Waals surface area contributed by atoms with Gasteiger partial charge in [0.05, 0.1) is 14.2 Å². The number of aliphatic imine (C=N–C) groups is 1. The van der Waals surface area contributed by atoms with Gasteiger partial charge in [-0.3, -0.25) is 9.79 Å². The molecule has 7 nitrogen and oxygen atoms in total. The summed E-state index contributed by atoms with van der Waals surface area (Å²) in [6, 6.07) is 13.5. The van der Waals surface area contributed by atoms with Gasteiger partial charge in [-0.05, 0) is 42.7 Å². The van der Waals surface area contributed by atoms with Gasteiger partial charge in [-0.25, -0.2) is 0 Å². The lowest BCUT2D eigenvalue weighted by Crippen LogP contribution is -2.30. The van der Waals surface area contributed by atoms with Crippen LogP contribution in [0, 0.1) is 5.92 Å². The minimum absolute atomic E-state index is 0. The summed E-state index contributed by atoms with van der Waals surface area (Å²) in [5.74, 6) is 2.21. The summed E-state index contributed by atoms with van der Waals surface area (Å²) in [6.45, 7) is 0.570. The number of carbonyl (C=O) groups is 1. The van der Waals surface area contributed by atoms with Gasteiger partial charge in [0.25, 0.3) is 0 Å². The van der Waals surface area contributed by atoms with Crippen molar-refractivity contribution >= 4 is 47.2 Å². The molecule has 0 heterocycles. The Morgan fingerprint density at radius 1 is 0.969 bits per heavy atom. The molecule has 2 aromatic rings. The Hall–Kier alpha value is -2.49. The molecule has 0 unspecified atom stereocenters. The van der Waals surface area contributed by atoms with Crippen molar-refractivity contribution in [2.75, 3.05) is 31.9 Å². The quantitative estimate of drug-likeness (QED) is 0.255. The van der Waals surface area contributed by atoms with Crippen LogP contribution in [0.25, 0.3) is 0 Å². The molecule has 0 atom stereocenters. The Kier molecular flexibility index (Phi) is 10.6.